The van der Waals surface area contributed by atoms with Crippen LogP contribution in [0.3, 0.4) is 0 Å². The summed E-state index contributed by atoms with van der Waals surface area (Å²) in [5, 5.41) is 0.0994. The van der Waals surface area contributed by atoms with E-state index in [0.29, 0.717) is 5.52 Å². The SMILES string of the molecule is COC(=O)c1c(Cl)ncc2cncn12. The van der Waals surface area contributed by atoms with E-state index in [1.165, 1.54) is 24.0 Å². The molecule has 0 bridgehead atoms. The number of esters is 1. The zero-order valence-corrected chi connectivity index (χ0v) is 8.02. The number of hydrogen-bond donors (Lipinski definition) is 0. The van der Waals surface area contributed by atoms with Gasteiger partial charge in [-0.2, -0.15) is 0 Å². The van der Waals surface area contributed by atoms with Gasteiger partial charge in [0.25, 0.3) is 0 Å². The summed E-state index contributed by atoms with van der Waals surface area (Å²) >= 11 is 5.77. The van der Waals surface area contributed by atoms with E-state index < -0.39 is 5.97 Å². The summed E-state index contributed by atoms with van der Waals surface area (Å²) in [5.74, 6) is -0.536. The highest BCUT2D eigenvalue weighted by Gasteiger charge is 2.16. The molecular weight excluding hydrogens is 206 g/mol. The maximum absolute atomic E-state index is 11.4. The van der Waals surface area contributed by atoms with Crippen LogP contribution < -0.4 is 0 Å². The molecule has 0 atom stereocenters. The van der Waals surface area contributed by atoms with E-state index in [4.69, 9.17) is 11.6 Å². The fraction of sp³-hybridized carbons (Fsp3) is 0.125. The van der Waals surface area contributed by atoms with Crippen molar-refractivity contribution in [3.8, 4) is 0 Å². The first-order chi connectivity index (χ1) is 6.74. The highest BCUT2D eigenvalue weighted by Crippen LogP contribution is 2.15. The van der Waals surface area contributed by atoms with E-state index in [1.54, 1.807) is 6.20 Å². The first-order valence-corrected chi connectivity index (χ1v) is 4.16. The van der Waals surface area contributed by atoms with Crippen molar-refractivity contribution in [2.75, 3.05) is 7.11 Å². The van der Waals surface area contributed by atoms with Gasteiger partial charge in [-0.3, -0.25) is 4.40 Å². The van der Waals surface area contributed by atoms with Gasteiger partial charge in [-0.15, -0.1) is 0 Å². The number of hydrogen-bond acceptors (Lipinski definition) is 4. The summed E-state index contributed by atoms with van der Waals surface area (Å²) in [6, 6.07) is 0. The Kier molecular flexibility index (Phi) is 2.09. The molecule has 0 fully saturated rings. The van der Waals surface area contributed by atoms with Gasteiger partial charge < -0.3 is 4.74 Å². The number of halogens is 1. The maximum Gasteiger partial charge on any atom is 0.358 e. The van der Waals surface area contributed by atoms with Crippen molar-refractivity contribution in [1.29, 1.82) is 0 Å². The lowest BCUT2D eigenvalue weighted by Gasteiger charge is -2.03. The normalized spacial score (nSPS) is 10.4. The topological polar surface area (TPSA) is 56.5 Å². The molecule has 0 spiro atoms. The van der Waals surface area contributed by atoms with Crippen LogP contribution in [-0.2, 0) is 4.74 Å². The largest absolute Gasteiger partial charge is 0.464 e. The van der Waals surface area contributed by atoms with Crippen molar-refractivity contribution in [3.63, 3.8) is 0 Å². The van der Waals surface area contributed by atoms with Gasteiger partial charge >= 0.3 is 5.97 Å². The molecule has 2 aromatic heterocycles. The number of aromatic nitrogens is 3. The summed E-state index contributed by atoms with van der Waals surface area (Å²) in [4.78, 5) is 19.1. The number of rotatable bonds is 1. The van der Waals surface area contributed by atoms with E-state index in [1.807, 2.05) is 0 Å². The first kappa shape index (κ1) is 8.96. The van der Waals surface area contributed by atoms with E-state index in [-0.39, 0.29) is 10.8 Å². The average molecular weight is 212 g/mol. The van der Waals surface area contributed by atoms with Crippen LogP contribution in [0, 0.1) is 0 Å². The molecular formula is C8H6ClN3O2. The van der Waals surface area contributed by atoms with Gasteiger partial charge in [0.05, 0.1) is 31.3 Å². The minimum atomic E-state index is -0.536. The summed E-state index contributed by atoms with van der Waals surface area (Å²) in [6.07, 6.45) is 4.59. The van der Waals surface area contributed by atoms with Crippen LogP contribution in [0.4, 0.5) is 0 Å². The summed E-state index contributed by atoms with van der Waals surface area (Å²) in [5.41, 5.74) is 0.874. The third-order valence-corrected chi connectivity index (χ3v) is 2.07. The molecule has 0 aliphatic rings. The first-order valence-electron chi connectivity index (χ1n) is 3.79. The highest BCUT2D eigenvalue weighted by atomic mass is 35.5. The lowest BCUT2D eigenvalue weighted by molar-refractivity contribution is 0.0592. The summed E-state index contributed by atoms with van der Waals surface area (Å²) < 4.78 is 6.11. The average Bonchev–Trinajstić information content (AvgIpc) is 2.64. The Balaban J connectivity index is 2.76. The molecule has 2 rings (SSSR count). The van der Waals surface area contributed by atoms with E-state index in [2.05, 4.69) is 14.7 Å². The van der Waals surface area contributed by atoms with Crippen LogP contribution in [-0.4, -0.2) is 27.4 Å². The number of carbonyl (C=O) groups is 1. The quantitative estimate of drug-likeness (QED) is 0.665. The number of fused-ring (bicyclic) bond motifs is 1. The number of carbonyl (C=O) groups excluding carboxylic acids is 1. The number of imidazole rings is 1. The highest BCUT2D eigenvalue weighted by molar-refractivity contribution is 6.32. The minimum absolute atomic E-state index is 0.0994. The summed E-state index contributed by atoms with van der Waals surface area (Å²) in [6.45, 7) is 0. The maximum atomic E-state index is 11.4. The Labute approximate surface area is 84.3 Å². The molecule has 14 heavy (non-hydrogen) atoms. The Bertz CT molecular complexity index is 494. The van der Waals surface area contributed by atoms with E-state index in [9.17, 15) is 4.79 Å². The van der Waals surface area contributed by atoms with Crippen molar-refractivity contribution in [2.24, 2.45) is 0 Å². The number of methoxy groups -OCH3 is 1. The molecule has 0 aromatic carbocycles. The molecule has 5 nitrogen and oxygen atoms in total. The van der Waals surface area contributed by atoms with Gasteiger partial charge in [0.1, 0.15) is 0 Å². The van der Waals surface area contributed by atoms with Crippen molar-refractivity contribution in [1.82, 2.24) is 14.4 Å². The van der Waals surface area contributed by atoms with E-state index in [0.717, 1.165) is 0 Å². The molecule has 0 aliphatic heterocycles. The predicted octanol–water partition coefficient (Wildman–Crippen LogP) is 1.17. The second kappa shape index (κ2) is 3.26. The number of ether oxygens (including phenoxy) is 1. The lowest BCUT2D eigenvalue weighted by atomic mass is 10.4. The van der Waals surface area contributed by atoms with Crippen LogP contribution in [0.2, 0.25) is 5.15 Å². The third-order valence-electron chi connectivity index (χ3n) is 1.79. The van der Waals surface area contributed by atoms with Gasteiger partial charge in [0.2, 0.25) is 0 Å². The van der Waals surface area contributed by atoms with Crippen LogP contribution in [0.25, 0.3) is 5.52 Å². The van der Waals surface area contributed by atoms with Crippen LogP contribution >= 0.6 is 11.6 Å². The van der Waals surface area contributed by atoms with E-state index >= 15 is 0 Å². The molecule has 2 aromatic rings. The third kappa shape index (κ3) is 1.22. The molecule has 2 heterocycles. The van der Waals surface area contributed by atoms with Gasteiger partial charge in [-0.25, -0.2) is 14.8 Å². The van der Waals surface area contributed by atoms with Crippen molar-refractivity contribution < 1.29 is 9.53 Å². The zero-order valence-electron chi connectivity index (χ0n) is 7.27. The molecule has 72 valence electrons. The molecule has 0 saturated carbocycles. The van der Waals surface area contributed by atoms with Crippen LogP contribution in [0.15, 0.2) is 18.7 Å². The molecule has 0 amide bonds. The van der Waals surface area contributed by atoms with Crippen molar-refractivity contribution in [2.45, 2.75) is 0 Å². The number of nitrogens with zero attached hydrogens (tertiary/aromatic N) is 3. The standard InChI is InChI=1S/C8H6ClN3O2/c1-14-8(13)6-7(9)11-3-5-2-10-4-12(5)6/h2-4H,1H3. The Morgan fingerprint density at radius 2 is 2.36 bits per heavy atom. The van der Waals surface area contributed by atoms with Crippen molar-refractivity contribution in [3.05, 3.63) is 29.6 Å². The molecule has 0 unspecified atom stereocenters. The molecule has 0 radical (unpaired) electrons. The second-order valence-corrected chi connectivity index (χ2v) is 2.94. The molecule has 6 heteroatoms. The van der Waals surface area contributed by atoms with Crippen LogP contribution in [0.5, 0.6) is 0 Å². The Morgan fingerprint density at radius 1 is 1.57 bits per heavy atom. The fourth-order valence-corrected chi connectivity index (χ4v) is 1.37. The van der Waals surface area contributed by atoms with Gasteiger partial charge in [0, 0.05) is 0 Å². The Hall–Kier alpha value is -1.62. The fourth-order valence-electron chi connectivity index (χ4n) is 1.15. The second-order valence-electron chi connectivity index (χ2n) is 2.58. The summed E-state index contributed by atoms with van der Waals surface area (Å²) in [7, 11) is 1.29. The molecule has 0 N–H and O–H groups in total. The molecule has 0 saturated heterocycles. The predicted molar refractivity (Wildman–Crippen MR) is 49.3 cm³/mol. The zero-order chi connectivity index (χ0) is 10.1. The lowest BCUT2D eigenvalue weighted by Crippen LogP contribution is -2.09. The van der Waals surface area contributed by atoms with Gasteiger partial charge in [0.15, 0.2) is 10.8 Å². The van der Waals surface area contributed by atoms with Gasteiger partial charge in [-0.1, -0.05) is 11.6 Å². The van der Waals surface area contributed by atoms with Crippen molar-refractivity contribution >= 4 is 23.1 Å². The minimum Gasteiger partial charge on any atom is -0.464 e. The Morgan fingerprint density at radius 3 is 3.07 bits per heavy atom. The smallest absolute Gasteiger partial charge is 0.358 e. The van der Waals surface area contributed by atoms with Crippen LogP contribution in [0.1, 0.15) is 10.5 Å². The van der Waals surface area contributed by atoms with Gasteiger partial charge in [-0.05, 0) is 0 Å². The monoisotopic (exact) mass is 211 g/mol. The molecule has 0 aliphatic carbocycles.